The lowest BCUT2D eigenvalue weighted by atomic mass is 9.79. The van der Waals surface area contributed by atoms with Crippen LogP contribution in [0, 0.1) is 0 Å². The van der Waals surface area contributed by atoms with Crippen molar-refractivity contribution in [2.45, 2.75) is 42.0 Å². The summed E-state index contributed by atoms with van der Waals surface area (Å²) in [5.74, 6) is 0.737. The molecule has 0 bridgehead atoms. The highest BCUT2D eigenvalue weighted by molar-refractivity contribution is 7.93. The average Bonchev–Trinajstić information content (AvgIpc) is 3.53. The smallest absolute Gasteiger partial charge is 0.272 e. The minimum atomic E-state index is -4.19. The number of pyridine rings is 1. The van der Waals surface area contributed by atoms with E-state index < -0.39 is 19.9 Å². The number of nitrogens with zero attached hydrogens (tertiary/aromatic N) is 3. The molecule has 3 aromatic rings. The van der Waals surface area contributed by atoms with Gasteiger partial charge < -0.3 is 18.9 Å². The number of hydrogen-bond donors (Lipinski definition) is 1. The van der Waals surface area contributed by atoms with E-state index >= 15 is 0 Å². The van der Waals surface area contributed by atoms with Crippen molar-refractivity contribution in [3.05, 3.63) is 41.6 Å². The van der Waals surface area contributed by atoms with Gasteiger partial charge in [-0.2, -0.15) is 0 Å². The molecule has 0 radical (unpaired) electrons. The number of fused-ring (bicyclic) bond motifs is 4. The number of aromatic nitrogens is 2. The second-order valence-corrected chi connectivity index (χ2v) is 14.0. The van der Waals surface area contributed by atoms with E-state index in [0.29, 0.717) is 17.7 Å². The van der Waals surface area contributed by atoms with E-state index in [-0.39, 0.29) is 39.6 Å². The van der Waals surface area contributed by atoms with Crippen LogP contribution in [0.4, 0.5) is 11.5 Å². The van der Waals surface area contributed by atoms with Gasteiger partial charge in [-0.25, -0.2) is 21.8 Å². The van der Waals surface area contributed by atoms with Crippen molar-refractivity contribution in [1.29, 1.82) is 0 Å². The van der Waals surface area contributed by atoms with Crippen LogP contribution in [0.3, 0.4) is 0 Å². The van der Waals surface area contributed by atoms with Crippen LogP contribution in [0.15, 0.2) is 39.9 Å². The summed E-state index contributed by atoms with van der Waals surface area (Å²) in [6, 6.07) is 7.52. The molecule has 1 atom stereocenters. The Labute approximate surface area is 221 Å². The maximum atomic E-state index is 13.5. The zero-order valence-electron chi connectivity index (χ0n) is 21.2. The lowest BCUT2D eigenvalue weighted by Gasteiger charge is -2.43. The predicted molar refractivity (Wildman–Crippen MR) is 140 cm³/mol. The molecular weight excluding hydrogens is 532 g/mol. The molecule has 1 saturated carbocycles. The summed E-state index contributed by atoms with van der Waals surface area (Å²) in [7, 11) is -4.59. The summed E-state index contributed by atoms with van der Waals surface area (Å²) in [5, 5.41) is 4.12. The van der Waals surface area contributed by atoms with E-state index in [1.807, 2.05) is 12.1 Å². The quantitative estimate of drug-likeness (QED) is 0.437. The SMILES string of the molecule is COc1ccnc(OC)c1S(=O)(=O)Nc1noc2c1CC1(CC1)c1ccc(N3CC[C@H]3CS(C)(=O)=O)cc1-2. The summed E-state index contributed by atoms with van der Waals surface area (Å²) in [5.41, 5.74) is 3.51. The first-order valence-electron chi connectivity index (χ1n) is 12.2. The molecule has 1 aromatic carbocycles. The zero-order chi connectivity index (χ0) is 26.9. The molecule has 2 aliphatic carbocycles. The van der Waals surface area contributed by atoms with Crippen LogP contribution >= 0.6 is 0 Å². The third-order valence-electron chi connectivity index (χ3n) is 7.70. The minimum Gasteiger partial charge on any atom is -0.495 e. The summed E-state index contributed by atoms with van der Waals surface area (Å²) in [6.07, 6.45) is 6.01. The highest BCUT2D eigenvalue weighted by Gasteiger charge is 2.51. The van der Waals surface area contributed by atoms with Gasteiger partial charge in [-0.05, 0) is 43.4 Å². The number of methoxy groups -OCH3 is 2. The van der Waals surface area contributed by atoms with Crippen LogP contribution in [0.2, 0.25) is 0 Å². The van der Waals surface area contributed by atoms with Crippen molar-refractivity contribution < 1.29 is 30.8 Å². The first-order chi connectivity index (χ1) is 18.0. The largest absolute Gasteiger partial charge is 0.495 e. The van der Waals surface area contributed by atoms with Gasteiger partial charge in [0, 0.05) is 53.3 Å². The highest BCUT2D eigenvalue weighted by atomic mass is 32.2. The molecule has 202 valence electrons. The zero-order valence-corrected chi connectivity index (χ0v) is 22.9. The number of hydrogen-bond acceptors (Lipinski definition) is 10. The Kier molecular flexibility index (Phi) is 5.65. The lowest BCUT2D eigenvalue weighted by Crippen LogP contribution is -2.51. The van der Waals surface area contributed by atoms with Crippen molar-refractivity contribution in [3.8, 4) is 23.0 Å². The van der Waals surface area contributed by atoms with Crippen LogP contribution in [0.25, 0.3) is 11.3 Å². The van der Waals surface area contributed by atoms with E-state index in [0.717, 1.165) is 42.6 Å². The molecule has 0 amide bonds. The maximum absolute atomic E-state index is 13.5. The van der Waals surface area contributed by atoms with Crippen molar-refractivity contribution >= 4 is 31.4 Å². The fourth-order valence-electron chi connectivity index (χ4n) is 5.60. The third kappa shape index (κ3) is 4.08. The topological polar surface area (TPSA) is 141 Å². The number of nitrogens with one attached hydrogen (secondary N) is 1. The molecule has 3 aliphatic rings. The molecule has 38 heavy (non-hydrogen) atoms. The average molecular weight is 561 g/mol. The second-order valence-electron chi connectivity index (χ2n) is 10.2. The van der Waals surface area contributed by atoms with Gasteiger partial charge in [-0.1, -0.05) is 11.2 Å². The molecule has 1 aliphatic heterocycles. The van der Waals surface area contributed by atoms with E-state index in [4.69, 9.17) is 14.0 Å². The van der Waals surface area contributed by atoms with Crippen LogP contribution in [-0.2, 0) is 31.7 Å². The van der Waals surface area contributed by atoms with Crippen LogP contribution in [0.1, 0.15) is 30.4 Å². The standard InChI is InChI=1S/C25H28N4O7S2/c1-34-20-6-10-26-24(35-2)22(20)38(32,33)28-23-18-13-25(8-9-25)19-5-4-15(12-17(19)21(18)36-27-23)29-11-7-16(29)14-37(3,30)31/h4-6,10,12,16H,7-9,11,13-14H2,1-3H3,(H,27,28)/t16-/m0/s1. The van der Waals surface area contributed by atoms with Gasteiger partial charge >= 0.3 is 0 Å². The molecule has 11 nitrogen and oxygen atoms in total. The fraction of sp³-hybridized carbons (Fsp3) is 0.440. The fourth-order valence-corrected chi connectivity index (χ4v) is 7.95. The summed E-state index contributed by atoms with van der Waals surface area (Å²) in [4.78, 5) is 5.88. The first-order valence-corrected chi connectivity index (χ1v) is 15.8. The number of ether oxygens (including phenoxy) is 2. The second kappa shape index (κ2) is 8.60. The van der Waals surface area contributed by atoms with E-state index in [1.54, 1.807) is 0 Å². The Hall–Kier alpha value is -3.32. The Morgan fingerprint density at radius 3 is 2.58 bits per heavy atom. The number of benzene rings is 1. The number of rotatable bonds is 8. The molecule has 13 heteroatoms. The van der Waals surface area contributed by atoms with Gasteiger partial charge in [0.2, 0.25) is 5.88 Å². The number of sulfone groups is 1. The summed E-state index contributed by atoms with van der Waals surface area (Å²) < 4.78 is 69.4. The molecule has 2 fully saturated rings. The van der Waals surface area contributed by atoms with Crippen molar-refractivity contribution in [1.82, 2.24) is 10.1 Å². The van der Waals surface area contributed by atoms with Crippen LogP contribution in [0.5, 0.6) is 11.6 Å². The first kappa shape index (κ1) is 25.0. The Morgan fingerprint density at radius 2 is 1.95 bits per heavy atom. The lowest BCUT2D eigenvalue weighted by molar-refractivity contribution is 0.361. The summed E-state index contributed by atoms with van der Waals surface area (Å²) in [6.45, 7) is 0.771. The Balaban J connectivity index is 1.38. The van der Waals surface area contributed by atoms with E-state index in [2.05, 4.69) is 25.8 Å². The normalized spacial score (nSPS) is 19.3. The highest BCUT2D eigenvalue weighted by Crippen LogP contribution is 2.59. The Bertz CT molecular complexity index is 1620. The monoisotopic (exact) mass is 560 g/mol. The van der Waals surface area contributed by atoms with Gasteiger partial charge in [0.05, 0.1) is 20.0 Å². The van der Waals surface area contributed by atoms with Crippen molar-refractivity contribution in [2.75, 3.05) is 42.4 Å². The molecular formula is C25H28N4O7S2. The molecule has 3 heterocycles. The van der Waals surface area contributed by atoms with Crippen molar-refractivity contribution in [2.24, 2.45) is 0 Å². The van der Waals surface area contributed by atoms with Gasteiger partial charge in [-0.3, -0.25) is 4.72 Å². The van der Waals surface area contributed by atoms with Gasteiger partial charge in [0.1, 0.15) is 15.6 Å². The molecule has 1 saturated heterocycles. The van der Waals surface area contributed by atoms with Gasteiger partial charge in [0.15, 0.2) is 16.5 Å². The minimum absolute atomic E-state index is 0.0671. The molecule has 0 unspecified atom stereocenters. The van der Waals surface area contributed by atoms with E-state index in [9.17, 15) is 16.8 Å². The number of sulfonamides is 1. The maximum Gasteiger partial charge on any atom is 0.272 e. The summed E-state index contributed by atoms with van der Waals surface area (Å²) >= 11 is 0. The predicted octanol–water partition coefficient (Wildman–Crippen LogP) is 2.77. The molecule has 2 aromatic heterocycles. The number of anilines is 2. The van der Waals surface area contributed by atoms with Crippen LogP contribution in [-0.4, -0.2) is 65.8 Å². The van der Waals surface area contributed by atoms with Crippen molar-refractivity contribution in [3.63, 3.8) is 0 Å². The Morgan fingerprint density at radius 1 is 1.16 bits per heavy atom. The molecule has 1 spiro atoms. The third-order valence-corrected chi connectivity index (χ3v) is 10.1. The van der Waals surface area contributed by atoms with E-state index in [1.165, 1.54) is 32.7 Å². The van der Waals surface area contributed by atoms with Crippen LogP contribution < -0.4 is 19.1 Å². The molecule has 1 N–H and O–H groups in total. The van der Waals surface area contributed by atoms with Gasteiger partial charge in [0.25, 0.3) is 10.0 Å². The van der Waals surface area contributed by atoms with Gasteiger partial charge in [-0.15, -0.1) is 0 Å². The molecule has 6 rings (SSSR count).